The first-order chi connectivity index (χ1) is 9.88. The summed E-state index contributed by atoms with van der Waals surface area (Å²) >= 11 is 1.94. The molecular weight excluding hydrogens is 276 g/mol. The maximum atomic E-state index is 4.63. The molecule has 2 nitrogen and oxygen atoms in total. The first-order valence-electron chi connectivity index (χ1n) is 7.99. The Bertz CT molecular complexity index is 531. The lowest BCUT2D eigenvalue weighted by molar-refractivity contribution is 0.152. The van der Waals surface area contributed by atoms with Gasteiger partial charge < -0.3 is 0 Å². The summed E-state index contributed by atoms with van der Waals surface area (Å²) in [6.45, 7) is 9.25. The average Bonchev–Trinajstić information content (AvgIpc) is 2.83. The molecule has 1 heterocycles. The first-order valence-corrected chi connectivity index (χ1v) is 8.81. The molecule has 1 aromatic rings. The van der Waals surface area contributed by atoms with Crippen LogP contribution >= 0.6 is 11.8 Å². The van der Waals surface area contributed by atoms with Crippen LogP contribution in [0.3, 0.4) is 0 Å². The molecule has 1 N–H and O–H groups in total. The van der Waals surface area contributed by atoms with Crippen molar-refractivity contribution in [1.82, 2.24) is 5.43 Å². The molecule has 1 saturated carbocycles. The Balaban J connectivity index is 1.65. The number of thioether (sulfide) groups is 1. The number of rotatable bonds is 1. The predicted octanol–water partition coefficient (Wildman–Crippen LogP) is 4.93. The molecule has 0 unspecified atom stereocenters. The van der Waals surface area contributed by atoms with Gasteiger partial charge in [-0.1, -0.05) is 62.4 Å². The maximum absolute atomic E-state index is 4.63. The molecule has 0 saturated heterocycles. The van der Waals surface area contributed by atoms with Crippen molar-refractivity contribution in [3.05, 3.63) is 35.4 Å². The highest BCUT2D eigenvalue weighted by Gasteiger charge is 2.42. The lowest BCUT2D eigenvalue weighted by Gasteiger charge is -2.41. The minimum absolute atomic E-state index is 0.155. The molecule has 3 heteroatoms. The van der Waals surface area contributed by atoms with E-state index in [0.717, 1.165) is 11.0 Å². The van der Waals surface area contributed by atoms with E-state index < -0.39 is 0 Å². The van der Waals surface area contributed by atoms with E-state index in [1.807, 2.05) is 11.8 Å². The van der Waals surface area contributed by atoms with Gasteiger partial charge in [-0.25, -0.2) is 0 Å². The lowest BCUT2D eigenvalue weighted by atomic mass is 9.71. The Labute approximate surface area is 132 Å². The summed E-state index contributed by atoms with van der Waals surface area (Å²) in [6, 6.07) is 8.70. The van der Waals surface area contributed by atoms with Crippen LogP contribution in [0.1, 0.15) is 57.6 Å². The van der Waals surface area contributed by atoms with Gasteiger partial charge in [-0.05, 0) is 43.9 Å². The Morgan fingerprint density at radius 3 is 2.33 bits per heavy atom. The summed E-state index contributed by atoms with van der Waals surface area (Å²) in [7, 11) is 0. The van der Waals surface area contributed by atoms with E-state index in [1.165, 1.54) is 36.8 Å². The number of hydrogen-bond donors (Lipinski definition) is 1. The van der Waals surface area contributed by atoms with Crippen LogP contribution in [0.4, 0.5) is 0 Å². The second-order valence-electron chi connectivity index (χ2n) is 7.63. The summed E-state index contributed by atoms with van der Waals surface area (Å²) in [5, 5.41) is 5.79. The molecule has 0 atom stereocenters. The maximum Gasteiger partial charge on any atom is 0.126 e. The molecule has 0 amide bonds. The summed E-state index contributed by atoms with van der Waals surface area (Å²) in [5.74, 6) is 0.842. The van der Waals surface area contributed by atoms with E-state index in [9.17, 15) is 0 Å². The SMILES string of the molecule is Cc1ccc(C2=NNC3(CCC(C(C)(C)C)CC3)S2)cc1. The van der Waals surface area contributed by atoms with Gasteiger partial charge in [0, 0.05) is 5.56 Å². The molecule has 1 aliphatic carbocycles. The third-order valence-corrected chi connectivity index (χ3v) is 6.38. The van der Waals surface area contributed by atoms with Crippen LogP contribution in [0.25, 0.3) is 0 Å². The Morgan fingerprint density at radius 1 is 1.14 bits per heavy atom. The smallest absolute Gasteiger partial charge is 0.126 e. The third kappa shape index (κ3) is 3.13. The summed E-state index contributed by atoms with van der Waals surface area (Å²) in [6.07, 6.45) is 5.05. The molecule has 0 radical (unpaired) electrons. The van der Waals surface area contributed by atoms with Crippen LogP contribution < -0.4 is 5.43 Å². The number of aryl methyl sites for hydroxylation is 1. The quantitative estimate of drug-likeness (QED) is 0.796. The van der Waals surface area contributed by atoms with Gasteiger partial charge in [0.2, 0.25) is 0 Å². The number of nitrogens with one attached hydrogen (secondary N) is 1. The normalized spacial score (nSPS) is 29.3. The molecule has 114 valence electrons. The van der Waals surface area contributed by atoms with Crippen molar-refractivity contribution in [3.63, 3.8) is 0 Å². The Kier molecular flexibility index (Phi) is 3.81. The first kappa shape index (κ1) is 15.0. The fourth-order valence-corrected chi connectivity index (χ4v) is 4.61. The van der Waals surface area contributed by atoms with Crippen molar-refractivity contribution in [3.8, 4) is 0 Å². The number of benzene rings is 1. The summed E-state index contributed by atoms with van der Waals surface area (Å²) in [5.41, 5.74) is 6.44. The Hall–Kier alpha value is -0.960. The second kappa shape index (κ2) is 5.35. The van der Waals surface area contributed by atoms with E-state index in [4.69, 9.17) is 0 Å². The van der Waals surface area contributed by atoms with Crippen molar-refractivity contribution in [1.29, 1.82) is 0 Å². The van der Waals surface area contributed by atoms with Crippen LogP contribution in [0.2, 0.25) is 0 Å². The predicted molar refractivity (Wildman–Crippen MR) is 92.6 cm³/mol. The van der Waals surface area contributed by atoms with Crippen molar-refractivity contribution < 1.29 is 0 Å². The van der Waals surface area contributed by atoms with Crippen molar-refractivity contribution in [2.45, 2.75) is 58.2 Å². The van der Waals surface area contributed by atoms with Gasteiger partial charge in [0.05, 0.1) is 0 Å². The topological polar surface area (TPSA) is 24.4 Å². The third-order valence-electron chi connectivity index (χ3n) is 4.97. The van der Waals surface area contributed by atoms with E-state index in [2.05, 4.69) is 62.5 Å². The van der Waals surface area contributed by atoms with Crippen molar-refractivity contribution in [2.75, 3.05) is 0 Å². The molecule has 3 rings (SSSR count). The van der Waals surface area contributed by atoms with Crippen LogP contribution in [0.5, 0.6) is 0 Å². The van der Waals surface area contributed by atoms with Crippen LogP contribution in [0.15, 0.2) is 29.4 Å². The van der Waals surface area contributed by atoms with Gasteiger partial charge in [-0.3, -0.25) is 5.43 Å². The van der Waals surface area contributed by atoms with E-state index >= 15 is 0 Å². The highest BCUT2D eigenvalue weighted by molar-refractivity contribution is 8.15. The van der Waals surface area contributed by atoms with Gasteiger partial charge in [-0.2, -0.15) is 5.10 Å². The minimum atomic E-state index is 0.155. The molecule has 0 aromatic heterocycles. The molecular formula is C18H26N2S. The van der Waals surface area contributed by atoms with Gasteiger partial charge in [0.1, 0.15) is 9.91 Å². The number of hydrogen-bond acceptors (Lipinski definition) is 3. The second-order valence-corrected chi connectivity index (χ2v) is 9.00. The minimum Gasteiger partial charge on any atom is -0.292 e. The van der Waals surface area contributed by atoms with Crippen molar-refractivity contribution in [2.24, 2.45) is 16.4 Å². The zero-order chi connectivity index (χ0) is 15.1. The molecule has 1 aliphatic heterocycles. The van der Waals surface area contributed by atoms with Crippen LogP contribution in [-0.2, 0) is 0 Å². The molecule has 2 aliphatic rings. The average molecular weight is 302 g/mol. The van der Waals surface area contributed by atoms with Gasteiger partial charge >= 0.3 is 0 Å². The molecule has 0 bridgehead atoms. The largest absolute Gasteiger partial charge is 0.292 e. The van der Waals surface area contributed by atoms with E-state index in [-0.39, 0.29) is 4.87 Å². The molecule has 1 fully saturated rings. The standard InChI is InChI=1S/C18H26N2S/c1-13-5-7-14(8-6-13)16-19-20-18(21-16)11-9-15(10-12-18)17(2,3)4/h5-8,15,20H,9-12H2,1-4H3. The molecule has 21 heavy (non-hydrogen) atoms. The fourth-order valence-electron chi connectivity index (χ4n) is 3.37. The zero-order valence-corrected chi connectivity index (χ0v) is 14.4. The van der Waals surface area contributed by atoms with Crippen molar-refractivity contribution >= 4 is 16.8 Å². The Morgan fingerprint density at radius 2 is 1.76 bits per heavy atom. The van der Waals surface area contributed by atoms with Crippen LogP contribution in [0, 0.1) is 18.3 Å². The van der Waals surface area contributed by atoms with Gasteiger partial charge in [-0.15, -0.1) is 0 Å². The highest BCUT2D eigenvalue weighted by atomic mass is 32.2. The number of hydrazone groups is 1. The molecule has 1 spiro atoms. The lowest BCUT2D eigenvalue weighted by Crippen LogP contribution is -2.41. The van der Waals surface area contributed by atoms with E-state index in [1.54, 1.807) is 0 Å². The summed E-state index contributed by atoms with van der Waals surface area (Å²) in [4.78, 5) is 0.155. The van der Waals surface area contributed by atoms with E-state index in [0.29, 0.717) is 5.41 Å². The highest BCUT2D eigenvalue weighted by Crippen LogP contribution is 2.48. The fraction of sp³-hybridized carbons (Fsp3) is 0.611. The number of nitrogens with zero attached hydrogens (tertiary/aromatic N) is 1. The summed E-state index contributed by atoms with van der Waals surface area (Å²) < 4.78 is 0. The monoisotopic (exact) mass is 302 g/mol. The van der Waals surface area contributed by atoms with Gasteiger partial charge in [0.15, 0.2) is 0 Å². The zero-order valence-electron chi connectivity index (χ0n) is 13.6. The van der Waals surface area contributed by atoms with Crippen LogP contribution in [-0.4, -0.2) is 9.91 Å². The molecule has 1 aromatic carbocycles. The van der Waals surface area contributed by atoms with Gasteiger partial charge in [0.25, 0.3) is 0 Å².